The van der Waals surface area contributed by atoms with Gasteiger partial charge in [-0.2, -0.15) is 0 Å². The van der Waals surface area contributed by atoms with E-state index in [-0.39, 0.29) is 5.41 Å². The van der Waals surface area contributed by atoms with E-state index in [2.05, 4.69) is 70.0 Å². The maximum Gasteiger partial charge on any atom is 0.123 e. The maximum absolute atomic E-state index is 5.94. The second-order valence-electron chi connectivity index (χ2n) is 8.57. The fourth-order valence-corrected chi connectivity index (χ4v) is 7.62. The molecule has 1 saturated carbocycles. The van der Waals surface area contributed by atoms with Crippen LogP contribution in [0.3, 0.4) is 0 Å². The Labute approximate surface area is 172 Å². The Morgan fingerprint density at radius 2 is 1.50 bits per heavy atom. The SMILES string of the molecule is COc1ccc(Br)c2c1[C@@]13c4c(C)ccc(Br)c4C[C@@H]1CC(C)C[C@H]3C2. The maximum atomic E-state index is 5.94. The standard InChI is InChI=1S/C23H24Br2O/c1-12-8-14-10-16-18(24)5-4-13(2)21(16)23(14)15(9-12)11-17-19(25)6-7-20(26-3)22(17)23/h4-7,12,14-15H,8-11H2,1-3H3/t12?,14-,15-,23-/m0/s1. The molecule has 2 aromatic rings. The summed E-state index contributed by atoms with van der Waals surface area (Å²) in [6.45, 7) is 4.75. The predicted octanol–water partition coefficient (Wildman–Crippen LogP) is 6.59. The highest BCUT2D eigenvalue weighted by Crippen LogP contribution is 2.67. The van der Waals surface area contributed by atoms with Crippen molar-refractivity contribution in [3.05, 3.63) is 61.0 Å². The van der Waals surface area contributed by atoms with E-state index >= 15 is 0 Å². The molecular weight excluding hydrogens is 452 g/mol. The quantitative estimate of drug-likeness (QED) is 0.452. The number of methoxy groups -OCH3 is 1. The van der Waals surface area contributed by atoms with E-state index in [0.29, 0.717) is 11.8 Å². The molecule has 1 fully saturated rings. The number of benzene rings is 2. The van der Waals surface area contributed by atoms with Crippen molar-refractivity contribution < 1.29 is 4.74 Å². The zero-order valence-electron chi connectivity index (χ0n) is 15.5. The largest absolute Gasteiger partial charge is 0.496 e. The summed E-state index contributed by atoms with van der Waals surface area (Å²) in [5.74, 6) is 3.23. The lowest BCUT2D eigenvalue weighted by Gasteiger charge is -2.46. The van der Waals surface area contributed by atoms with Crippen molar-refractivity contribution in [3.63, 3.8) is 0 Å². The first kappa shape index (κ1) is 17.3. The molecule has 26 heavy (non-hydrogen) atoms. The van der Waals surface area contributed by atoms with Crippen LogP contribution in [0, 0.1) is 24.7 Å². The lowest BCUT2D eigenvalue weighted by Crippen LogP contribution is -2.43. The van der Waals surface area contributed by atoms with E-state index < -0.39 is 0 Å². The van der Waals surface area contributed by atoms with Crippen molar-refractivity contribution >= 4 is 31.9 Å². The van der Waals surface area contributed by atoms with Crippen LogP contribution in [0.5, 0.6) is 5.75 Å². The van der Waals surface area contributed by atoms with Crippen LogP contribution in [0.4, 0.5) is 0 Å². The molecule has 0 aliphatic heterocycles. The van der Waals surface area contributed by atoms with Crippen LogP contribution in [0.1, 0.15) is 47.6 Å². The van der Waals surface area contributed by atoms with E-state index in [1.54, 1.807) is 11.1 Å². The lowest BCUT2D eigenvalue weighted by atomic mass is 9.56. The number of rotatable bonds is 1. The molecule has 3 aliphatic carbocycles. The Morgan fingerprint density at radius 1 is 0.923 bits per heavy atom. The minimum atomic E-state index is 0.125. The van der Waals surface area contributed by atoms with Crippen LogP contribution < -0.4 is 4.74 Å². The molecule has 5 rings (SSSR count). The molecule has 0 radical (unpaired) electrons. The van der Waals surface area contributed by atoms with Gasteiger partial charge in [0, 0.05) is 19.9 Å². The molecule has 1 unspecified atom stereocenters. The summed E-state index contributed by atoms with van der Waals surface area (Å²) in [6.07, 6.45) is 4.98. The molecule has 0 heterocycles. The second-order valence-corrected chi connectivity index (χ2v) is 10.3. The first-order valence-electron chi connectivity index (χ1n) is 9.62. The van der Waals surface area contributed by atoms with Crippen molar-refractivity contribution in [2.45, 2.75) is 44.9 Å². The molecule has 3 aliphatic rings. The fourth-order valence-electron chi connectivity index (χ4n) is 6.63. The third-order valence-electron chi connectivity index (χ3n) is 7.29. The van der Waals surface area contributed by atoms with Crippen LogP contribution in [0.25, 0.3) is 0 Å². The average Bonchev–Trinajstić information content (AvgIpc) is 3.13. The number of halogens is 2. The molecule has 0 bridgehead atoms. The second kappa shape index (κ2) is 5.85. The molecule has 1 nitrogen and oxygen atoms in total. The zero-order valence-corrected chi connectivity index (χ0v) is 18.7. The zero-order chi connectivity index (χ0) is 18.2. The van der Waals surface area contributed by atoms with Crippen molar-refractivity contribution in [1.29, 1.82) is 0 Å². The molecule has 3 heteroatoms. The summed E-state index contributed by atoms with van der Waals surface area (Å²) in [5, 5.41) is 0. The Kier molecular flexibility index (Phi) is 3.89. The van der Waals surface area contributed by atoms with Crippen LogP contribution in [0.2, 0.25) is 0 Å². The number of ether oxygens (including phenoxy) is 1. The lowest BCUT2D eigenvalue weighted by molar-refractivity contribution is 0.130. The molecule has 136 valence electrons. The summed E-state index contributed by atoms with van der Waals surface area (Å²) in [6, 6.07) is 8.89. The van der Waals surface area contributed by atoms with Gasteiger partial charge < -0.3 is 4.74 Å². The predicted molar refractivity (Wildman–Crippen MR) is 113 cm³/mol. The molecule has 0 saturated heterocycles. The summed E-state index contributed by atoms with van der Waals surface area (Å²) in [4.78, 5) is 0. The average molecular weight is 476 g/mol. The molecule has 0 aromatic heterocycles. The topological polar surface area (TPSA) is 9.23 Å². The molecule has 1 spiro atoms. The minimum Gasteiger partial charge on any atom is -0.496 e. The smallest absolute Gasteiger partial charge is 0.123 e. The number of hydrogen-bond donors (Lipinski definition) is 0. The van der Waals surface area contributed by atoms with E-state index in [4.69, 9.17) is 4.74 Å². The van der Waals surface area contributed by atoms with Crippen molar-refractivity contribution in [3.8, 4) is 5.75 Å². The monoisotopic (exact) mass is 474 g/mol. The van der Waals surface area contributed by atoms with E-state index in [0.717, 1.165) is 11.7 Å². The summed E-state index contributed by atoms with van der Waals surface area (Å²) >= 11 is 7.73. The van der Waals surface area contributed by atoms with E-state index in [1.807, 2.05) is 7.11 Å². The van der Waals surface area contributed by atoms with Gasteiger partial charge in [0.15, 0.2) is 0 Å². The Bertz CT molecular complexity index is 909. The van der Waals surface area contributed by atoms with Gasteiger partial charge in [-0.05, 0) is 90.8 Å². The van der Waals surface area contributed by atoms with Gasteiger partial charge in [-0.25, -0.2) is 0 Å². The summed E-state index contributed by atoms with van der Waals surface area (Å²) in [5.41, 5.74) is 7.69. The van der Waals surface area contributed by atoms with Gasteiger partial charge in [0.05, 0.1) is 7.11 Å². The van der Waals surface area contributed by atoms with Gasteiger partial charge in [0.1, 0.15) is 5.75 Å². The van der Waals surface area contributed by atoms with Crippen molar-refractivity contribution in [2.75, 3.05) is 7.11 Å². The van der Waals surface area contributed by atoms with Gasteiger partial charge in [0.2, 0.25) is 0 Å². The third kappa shape index (κ3) is 2.02. The molecule has 4 atom stereocenters. The third-order valence-corrected chi connectivity index (χ3v) is 8.78. The van der Waals surface area contributed by atoms with E-state index in [1.165, 1.54) is 51.3 Å². The van der Waals surface area contributed by atoms with Crippen molar-refractivity contribution in [2.24, 2.45) is 17.8 Å². The molecular formula is C23H24Br2O. The minimum absolute atomic E-state index is 0.125. The van der Waals surface area contributed by atoms with E-state index in [9.17, 15) is 0 Å². The number of hydrogen-bond acceptors (Lipinski definition) is 1. The highest BCUT2D eigenvalue weighted by atomic mass is 79.9. The first-order chi connectivity index (χ1) is 12.5. The summed E-state index contributed by atoms with van der Waals surface area (Å²) < 4.78 is 8.49. The summed E-state index contributed by atoms with van der Waals surface area (Å²) in [7, 11) is 1.83. The molecule has 2 aromatic carbocycles. The number of fused-ring (bicyclic) bond motifs is 2. The van der Waals surface area contributed by atoms with Crippen LogP contribution >= 0.6 is 31.9 Å². The van der Waals surface area contributed by atoms with Crippen LogP contribution in [-0.4, -0.2) is 7.11 Å². The Hall–Kier alpha value is -0.800. The fraction of sp³-hybridized carbons (Fsp3) is 0.478. The first-order valence-corrected chi connectivity index (χ1v) is 11.2. The highest BCUT2D eigenvalue weighted by Gasteiger charge is 2.61. The Balaban J connectivity index is 1.90. The van der Waals surface area contributed by atoms with Crippen molar-refractivity contribution in [1.82, 2.24) is 0 Å². The van der Waals surface area contributed by atoms with Gasteiger partial charge in [-0.15, -0.1) is 0 Å². The van der Waals surface area contributed by atoms with Crippen LogP contribution in [0.15, 0.2) is 33.2 Å². The van der Waals surface area contributed by atoms with Gasteiger partial charge in [0.25, 0.3) is 0 Å². The highest BCUT2D eigenvalue weighted by molar-refractivity contribution is 9.10. The van der Waals surface area contributed by atoms with Crippen LogP contribution in [-0.2, 0) is 18.3 Å². The van der Waals surface area contributed by atoms with Gasteiger partial charge >= 0.3 is 0 Å². The Morgan fingerprint density at radius 3 is 2.12 bits per heavy atom. The normalized spacial score (nSPS) is 31.2. The molecule has 0 amide bonds. The van der Waals surface area contributed by atoms with Gasteiger partial charge in [-0.3, -0.25) is 0 Å². The van der Waals surface area contributed by atoms with Gasteiger partial charge in [-0.1, -0.05) is 44.8 Å². The molecule has 0 N–H and O–H groups in total. The number of aryl methyl sites for hydroxylation is 1.